The molecule has 0 aliphatic rings. The number of anilines is 1. The quantitative estimate of drug-likeness (QED) is 0.848. The molecule has 0 unspecified atom stereocenters. The van der Waals surface area contributed by atoms with Gasteiger partial charge in [0.15, 0.2) is 0 Å². The minimum absolute atomic E-state index is 0.622. The third-order valence-corrected chi connectivity index (χ3v) is 2.45. The topological polar surface area (TPSA) is 52.0 Å². The number of ether oxygens (including phenoxy) is 1. The summed E-state index contributed by atoms with van der Waals surface area (Å²) in [4.78, 5) is 4.05. The average molecular weight is 232 g/mol. The highest BCUT2D eigenvalue weighted by Crippen LogP contribution is 2.13. The summed E-state index contributed by atoms with van der Waals surface area (Å²) in [6.07, 6.45) is 6.58. The van der Waals surface area contributed by atoms with Crippen molar-refractivity contribution in [1.82, 2.24) is 14.8 Å². The molecule has 0 aliphatic heterocycles. The number of hydrogen-bond acceptors (Lipinski definition) is 4. The van der Waals surface area contributed by atoms with Crippen LogP contribution in [0.15, 0.2) is 30.7 Å². The minimum atomic E-state index is 0.622. The van der Waals surface area contributed by atoms with Gasteiger partial charge in [0.2, 0.25) is 5.88 Å². The van der Waals surface area contributed by atoms with Gasteiger partial charge in [0.25, 0.3) is 0 Å². The molecule has 5 heteroatoms. The Morgan fingerprint density at radius 2 is 2.35 bits per heavy atom. The number of nitrogens with one attached hydrogen (secondary N) is 1. The molecule has 0 saturated carbocycles. The Balaban J connectivity index is 1.85. The minimum Gasteiger partial charge on any atom is -0.481 e. The molecule has 2 aromatic rings. The van der Waals surface area contributed by atoms with Crippen LogP contribution >= 0.6 is 0 Å². The predicted molar refractivity (Wildman–Crippen MR) is 66.2 cm³/mol. The van der Waals surface area contributed by atoms with E-state index in [2.05, 4.69) is 15.4 Å². The van der Waals surface area contributed by atoms with Crippen LogP contribution in [0, 0.1) is 0 Å². The van der Waals surface area contributed by atoms with Gasteiger partial charge in [-0.25, -0.2) is 4.98 Å². The van der Waals surface area contributed by atoms with Crippen LogP contribution in [0.5, 0.6) is 5.88 Å². The Hall–Kier alpha value is -2.04. The van der Waals surface area contributed by atoms with Gasteiger partial charge in [-0.1, -0.05) is 0 Å². The summed E-state index contributed by atoms with van der Waals surface area (Å²) in [5, 5.41) is 7.45. The molecule has 1 N–H and O–H groups in total. The van der Waals surface area contributed by atoms with Gasteiger partial charge >= 0.3 is 0 Å². The molecular weight excluding hydrogens is 216 g/mol. The van der Waals surface area contributed by atoms with E-state index in [-0.39, 0.29) is 0 Å². The Labute approximate surface area is 100 Å². The second-order valence-corrected chi connectivity index (χ2v) is 3.79. The number of rotatable bonds is 5. The number of pyridine rings is 1. The fourth-order valence-corrected chi connectivity index (χ4v) is 1.58. The molecule has 2 aromatic heterocycles. The maximum atomic E-state index is 5.06. The van der Waals surface area contributed by atoms with Crippen molar-refractivity contribution in [3.8, 4) is 5.88 Å². The van der Waals surface area contributed by atoms with E-state index in [1.54, 1.807) is 13.3 Å². The maximum Gasteiger partial charge on any atom is 0.214 e. The van der Waals surface area contributed by atoms with Crippen LogP contribution in [-0.2, 0) is 13.5 Å². The SMILES string of the molecule is COc1cc(NCCc2cnn(C)c2)ccn1. The molecule has 17 heavy (non-hydrogen) atoms. The van der Waals surface area contributed by atoms with Gasteiger partial charge in [-0.15, -0.1) is 0 Å². The molecule has 0 fully saturated rings. The molecule has 0 radical (unpaired) electrons. The lowest BCUT2D eigenvalue weighted by molar-refractivity contribution is 0.398. The fourth-order valence-electron chi connectivity index (χ4n) is 1.58. The Kier molecular flexibility index (Phi) is 3.59. The van der Waals surface area contributed by atoms with Crippen molar-refractivity contribution in [3.63, 3.8) is 0 Å². The zero-order chi connectivity index (χ0) is 12.1. The Bertz CT molecular complexity index is 481. The molecule has 2 heterocycles. The fraction of sp³-hybridized carbons (Fsp3) is 0.333. The summed E-state index contributed by atoms with van der Waals surface area (Å²) in [6, 6.07) is 3.80. The number of aryl methyl sites for hydroxylation is 1. The summed E-state index contributed by atoms with van der Waals surface area (Å²) < 4.78 is 6.87. The highest BCUT2D eigenvalue weighted by Gasteiger charge is 1.98. The van der Waals surface area contributed by atoms with Crippen LogP contribution in [-0.4, -0.2) is 28.4 Å². The Morgan fingerprint density at radius 3 is 3.06 bits per heavy atom. The van der Waals surface area contributed by atoms with E-state index in [4.69, 9.17) is 4.74 Å². The number of hydrogen-bond donors (Lipinski definition) is 1. The summed E-state index contributed by atoms with van der Waals surface area (Å²) in [7, 11) is 3.53. The van der Waals surface area contributed by atoms with Gasteiger partial charge in [0.1, 0.15) is 0 Å². The molecule has 2 rings (SSSR count). The monoisotopic (exact) mass is 232 g/mol. The molecule has 5 nitrogen and oxygen atoms in total. The van der Waals surface area contributed by atoms with Crippen molar-refractivity contribution in [2.75, 3.05) is 19.0 Å². The molecule has 0 aliphatic carbocycles. The van der Waals surface area contributed by atoms with Crippen molar-refractivity contribution < 1.29 is 4.74 Å². The van der Waals surface area contributed by atoms with E-state index in [1.807, 2.05) is 36.3 Å². The Morgan fingerprint density at radius 1 is 1.47 bits per heavy atom. The molecule has 0 saturated heterocycles. The zero-order valence-electron chi connectivity index (χ0n) is 10.1. The van der Waals surface area contributed by atoms with Gasteiger partial charge < -0.3 is 10.1 Å². The first-order chi connectivity index (χ1) is 8.28. The first-order valence-corrected chi connectivity index (χ1v) is 5.49. The summed E-state index contributed by atoms with van der Waals surface area (Å²) >= 11 is 0. The van der Waals surface area contributed by atoms with Crippen LogP contribution in [0.1, 0.15) is 5.56 Å². The van der Waals surface area contributed by atoms with Crippen LogP contribution in [0.25, 0.3) is 0 Å². The lowest BCUT2D eigenvalue weighted by Gasteiger charge is -2.06. The molecular formula is C12H16N4O. The van der Waals surface area contributed by atoms with Crippen molar-refractivity contribution in [3.05, 3.63) is 36.3 Å². The lowest BCUT2D eigenvalue weighted by Crippen LogP contribution is -2.04. The van der Waals surface area contributed by atoms with Gasteiger partial charge in [0.05, 0.1) is 13.3 Å². The summed E-state index contributed by atoms with van der Waals surface area (Å²) in [5.41, 5.74) is 2.24. The number of nitrogens with zero attached hydrogens (tertiary/aromatic N) is 3. The van der Waals surface area contributed by atoms with Crippen molar-refractivity contribution in [1.29, 1.82) is 0 Å². The standard InChI is InChI=1S/C12H16N4O/c1-16-9-10(8-15-16)3-5-13-11-4-6-14-12(7-11)17-2/h4,6-9H,3,5H2,1-2H3,(H,13,14). The highest BCUT2D eigenvalue weighted by atomic mass is 16.5. The van der Waals surface area contributed by atoms with E-state index >= 15 is 0 Å². The molecule has 0 amide bonds. The first-order valence-electron chi connectivity index (χ1n) is 5.49. The molecule has 0 atom stereocenters. The lowest BCUT2D eigenvalue weighted by atomic mass is 10.2. The van der Waals surface area contributed by atoms with Crippen LogP contribution in [0.4, 0.5) is 5.69 Å². The van der Waals surface area contributed by atoms with Gasteiger partial charge in [-0.2, -0.15) is 5.10 Å². The molecule has 0 spiro atoms. The van der Waals surface area contributed by atoms with Crippen molar-refractivity contribution >= 4 is 5.69 Å². The zero-order valence-corrected chi connectivity index (χ0v) is 10.1. The molecule has 0 bridgehead atoms. The number of methoxy groups -OCH3 is 1. The normalized spacial score (nSPS) is 10.2. The van der Waals surface area contributed by atoms with Gasteiger partial charge in [-0.3, -0.25) is 4.68 Å². The van der Waals surface area contributed by atoms with E-state index in [9.17, 15) is 0 Å². The van der Waals surface area contributed by atoms with E-state index in [0.717, 1.165) is 18.7 Å². The molecule has 0 aromatic carbocycles. The average Bonchev–Trinajstić information content (AvgIpc) is 2.75. The van der Waals surface area contributed by atoms with Gasteiger partial charge in [0, 0.05) is 37.7 Å². The maximum absolute atomic E-state index is 5.06. The second-order valence-electron chi connectivity index (χ2n) is 3.79. The molecule has 90 valence electrons. The predicted octanol–water partition coefficient (Wildman–Crippen LogP) is 1.48. The van der Waals surface area contributed by atoms with E-state index in [1.165, 1.54) is 5.56 Å². The smallest absolute Gasteiger partial charge is 0.214 e. The highest BCUT2D eigenvalue weighted by molar-refractivity contribution is 5.45. The van der Waals surface area contributed by atoms with Crippen LogP contribution in [0.2, 0.25) is 0 Å². The largest absolute Gasteiger partial charge is 0.481 e. The van der Waals surface area contributed by atoms with Crippen molar-refractivity contribution in [2.24, 2.45) is 7.05 Å². The third kappa shape index (κ3) is 3.21. The first kappa shape index (κ1) is 11.4. The van der Waals surface area contributed by atoms with Crippen molar-refractivity contribution in [2.45, 2.75) is 6.42 Å². The van der Waals surface area contributed by atoms with Crippen LogP contribution < -0.4 is 10.1 Å². The van der Waals surface area contributed by atoms with E-state index in [0.29, 0.717) is 5.88 Å². The van der Waals surface area contributed by atoms with Gasteiger partial charge in [-0.05, 0) is 18.1 Å². The second kappa shape index (κ2) is 5.34. The summed E-state index contributed by atoms with van der Waals surface area (Å²) in [6.45, 7) is 0.860. The van der Waals surface area contributed by atoms with E-state index < -0.39 is 0 Å². The summed E-state index contributed by atoms with van der Waals surface area (Å²) in [5.74, 6) is 0.622. The van der Waals surface area contributed by atoms with Crippen LogP contribution in [0.3, 0.4) is 0 Å². The third-order valence-electron chi connectivity index (χ3n) is 2.45. The number of aromatic nitrogens is 3.